The van der Waals surface area contributed by atoms with Crippen LogP contribution in [-0.2, 0) is 4.79 Å². The van der Waals surface area contributed by atoms with E-state index in [9.17, 15) is 9.18 Å². The first kappa shape index (κ1) is 20.2. The number of H-pyrrole nitrogens is 1. The normalized spacial score (nSPS) is 11.1. The second-order valence-electron chi connectivity index (χ2n) is 6.24. The maximum atomic E-state index is 13.9. The molecule has 0 atom stereocenters. The second-order valence-corrected chi connectivity index (χ2v) is 7.64. The summed E-state index contributed by atoms with van der Waals surface area (Å²) in [5.41, 5.74) is 2.27. The van der Waals surface area contributed by atoms with E-state index in [2.05, 4.69) is 20.3 Å². The van der Waals surface area contributed by atoms with E-state index in [4.69, 9.17) is 21.1 Å². The number of hydrogen-bond acceptors (Lipinski definition) is 6. The zero-order valence-electron chi connectivity index (χ0n) is 16.0. The number of fused-ring (bicyclic) bond motifs is 3. The van der Waals surface area contributed by atoms with Crippen LogP contribution in [0, 0.1) is 5.82 Å². The molecule has 0 saturated carbocycles. The third kappa shape index (κ3) is 3.86. The quantitative estimate of drug-likeness (QED) is 0.331. The van der Waals surface area contributed by atoms with E-state index in [1.807, 2.05) is 12.1 Å². The fourth-order valence-electron chi connectivity index (χ4n) is 3.02. The molecule has 0 radical (unpaired) electrons. The molecule has 2 heterocycles. The molecule has 2 N–H and O–H groups in total. The highest BCUT2D eigenvalue weighted by Crippen LogP contribution is 2.36. The van der Waals surface area contributed by atoms with Gasteiger partial charge in [0.1, 0.15) is 22.7 Å². The number of hydrogen-bond donors (Lipinski definition) is 2. The predicted molar refractivity (Wildman–Crippen MR) is 115 cm³/mol. The van der Waals surface area contributed by atoms with Crippen molar-refractivity contribution in [3.8, 4) is 11.5 Å². The number of thioether (sulfide) groups is 1. The number of benzene rings is 2. The van der Waals surface area contributed by atoms with Crippen molar-refractivity contribution in [3.05, 3.63) is 47.5 Å². The molecule has 0 bridgehead atoms. The first-order chi connectivity index (χ1) is 14.5. The number of nitrogens with one attached hydrogen (secondary N) is 2. The van der Waals surface area contributed by atoms with Gasteiger partial charge in [0.2, 0.25) is 5.91 Å². The SMILES string of the molecule is COc1cc2[nH]c3c(SCC(=O)Nc4ccc(Cl)cc4F)ncnc3c2cc1OC. The van der Waals surface area contributed by atoms with E-state index in [1.165, 1.54) is 30.2 Å². The Balaban J connectivity index is 1.59. The molecule has 154 valence electrons. The van der Waals surface area contributed by atoms with Gasteiger partial charge < -0.3 is 19.8 Å². The highest BCUT2D eigenvalue weighted by Gasteiger charge is 2.16. The standard InChI is InChI=1S/C20H16ClFN4O3S/c1-28-15-6-11-14(7-16(15)29-2)26-19-18(11)23-9-24-20(19)30-8-17(27)25-13-4-3-10(21)5-12(13)22/h3-7,9,26H,8H2,1-2H3,(H,25,27). The number of rotatable bonds is 6. The van der Waals surface area contributed by atoms with Crippen molar-refractivity contribution >= 4 is 56.9 Å². The maximum Gasteiger partial charge on any atom is 0.234 e. The van der Waals surface area contributed by atoms with Crippen molar-refractivity contribution in [3.63, 3.8) is 0 Å². The van der Waals surface area contributed by atoms with Crippen LogP contribution in [-0.4, -0.2) is 40.8 Å². The lowest BCUT2D eigenvalue weighted by atomic mass is 10.2. The Labute approximate surface area is 179 Å². The first-order valence-electron chi connectivity index (χ1n) is 8.76. The van der Waals surface area contributed by atoms with Gasteiger partial charge in [0.15, 0.2) is 11.5 Å². The van der Waals surface area contributed by atoms with E-state index >= 15 is 0 Å². The Bertz CT molecular complexity index is 1260. The van der Waals surface area contributed by atoms with Gasteiger partial charge in [-0.1, -0.05) is 23.4 Å². The summed E-state index contributed by atoms with van der Waals surface area (Å²) in [6, 6.07) is 7.73. The topological polar surface area (TPSA) is 89.1 Å². The van der Waals surface area contributed by atoms with Crippen LogP contribution in [0.5, 0.6) is 11.5 Å². The summed E-state index contributed by atoms with van der Waals surface area (Å²) < 4.78 is 24.6. The number of carbonyl (C=O) groups is 1. The number of amides is 1. The van der Waals surface area contributed by atoms with Crippen LogP contribution >= 0.6 is 23.4 Å². The summed E-state index contributed by atoms with van der Waals surface area (Å²) in [6.07, 6.45) is 1.44. The Morgan fingerprint density at radius 3 is 2.70 bits per heavy atom. The lowest BCUT2D eigenvalue weighted by molar-refractivity contribution is -0.113. The molecule has 4 rings (SSSR count). The highest BCUT2D eigenvalue weighted by molar-refractivity contribution is 8.00. The molecule has 2 aromatic heterocycles. The third-order valence-corrected chi connectivity index (χ3v) is 5.62. The Hall–Kier alpha value is -3.04. The number of halogens is 2. The zero-order chi connectivity index (χ0) is 21.3. The van der Waals surface area contributed by atoms with Crippen molar-refractivity contribution in [1.82, 2.24) is 15.0 Å². The van der Waals surface area contributed by atoms with Gasteiger partial charge >= 0.3 is 0 Å². The minimum Gasteiger partial charge on any atom is -0.493 e. The molecule has 10 heteroatoms. The molecule has 7 nitrogen and oxygen atoms in total. The van der Waals surface area contributed by atoms with Crippen LogP contribution in [0.15, 0.2) is 41.7 Å². The lowest BCUT2D eigenvalue weighted by Gasteiger charge is -2.07. The smallest absolute Gasteiger partial charge is 0.234 e. The number of aromatic nitrogens is 3. The second kappa shape index (κ2) is 8.37. The minimum absolute atomic E-state index is 0.0379. The molecular weight excluding hydrogens is 431 g/mol. The van der Waals surface area contributed by atoms with E-state index in [0.29, 0.717) is 27.6 Å². The number of methoxy groups -OCH3 is 2. The van der Waals surface area contributed by atoms with Crippen LogP contribution in [0.1, 0.15) is 0 Å². The Morgan fingerprint density at radius 1 is 1.20 bits per heavy atom. The summed E-state index contributed by atoms with van der Waals surface area (Å²) in [6.45, 7) is 0. The van der Waals surface area contributed by atoms with E-state index in [0.717, 1.165) is 17.0 Å². The minimum atomic E-state index is -0.594. The summed E-state index contributed by atoms with van der Waals surface area (Å²) >= 11 is 6.95. The number of ether oxygens (including phenoxy) is 2. The molecule has 0 saturated heterocycles. The van der Waals surface area contributed by atoms with Crippen molar-refractivity contribution < 1.29 is 18.7 Å². The van der Waals surface area contributed by atoms with Gasteiger partial charge in [-0.05, 0) is 24.3 Å². The highest BCUT2D eigenvalue weighted by atomic mass is 35.5. The Kier molecular flexibility index (Phi) is 5.65. The number of anilines is 1. The summed E-state index contributed by atoms with van der Waals surface area (Å²) in [4.78, 5) is 24.2. The molecule has 4 aromatic rings. The van der Waals surface area contributed by atoms with E-state index < -0.39 is 5.82 Å². The molecule has 0 aliphatic carbocycles. The molecule has 0 aliphatic rings. The number of aromatic amines is 1. The average molecular weight is 447 g/mol. The third-order valence-electron chi connectivity index (χ3n) is 4.40. The number of carbonyl (C=O) groups excluding carboxylic acids is 1. The largest absolute Gasteiger partial charge is 0.493 e. The van der Waals surface area contributed by atoms with Crippen LogP contribution < -0.4 is 14.8 Å². The zero-order valence-corrected chi connectivity index (χ0v) is 17.5. The van der Waals surface area contributed by atoms with Gasteiger partial charge in [-0.25, -0.2) is 14.4 Å². The van der Waals surface area contributed by atoms with Gasteiger partial charge in [-0.3, -0.25) is 4.79 Å². The average Bonchev–Trinajstić information content (AvgIpc) is 3.11. The van der Waals surface area contributed by atoms with Gasteiger partial charge in [0.05, 0.1) is 36.7 Å². The summed E-state index contributed by atoms with van der Waals surface area (Å²) in [5.74, 6) is 0.248. The Morgan fingerprint density at radius 2 is 1.97 bits per heavy atom. The molecule has 30 heavy (non-hydrogen) atoms. The van der Waals surface area contributed by atoms with Crippen LogP contribution in [0.3, 0.4) is 0 Å². The van der Waals surface area contributed by atoms with Gasteiger partial charge in [-0.15, -0.1) is 0 Å². The summed E-state index contributed by atoms with van der Waals surface area (Å²) in [7, 11) is 3.13. The number of nitrogens with zero attached hydrogens (tertiary/aromatic N) is 2. The maximum absolute atomic E-state index is 13.9. The van der Waals surface area contributed by atoms with E-state index in [1.54, 1.807) is 14.2 Å². The monoisotopic (exact) mass is 446 g/mol. The molecule has 0 aliphatic heterocycles. The fraction of sp³-hybridized carbons (Fsp3) is 0.150. The molecule has 0 spiro atoms. The molecular formula is C20H16ClFN4O3S. The van der Waals surface area contributed by atoms with Crippen molar-refractivity contribution in [2.45, 2.75) is 5.03 Å². The molecule has 0 unspecified atom stereocenters. The van der Waals surface area contributed by atoms with Crippen molar-refractivity contribution in [2.24, 2.45) is 0 Å². The van der Waals surface area contributed by atoms with Gasteiger partial charge in [-0.2, -0.15) is 0 Å². The predicted octanol–water partition coefficient (Wildman–Crippen LogP) is 4.65. The summed E-state index contributed by atoms with van der Waals surface area (Å²) in [5, 5.41) is 4.24. The molecule has 1 amide bonds. The van der Waals surface area contributed by atoms with Gasteiger partial charge in [0, 0.05) is 16.5 Å². The molecule has 0 fully saturated rings. The van der Waals surface area contributed by atoms with Crippen molar-refractivity contribution in [2.75, 3.05) is 25.3 Å². The first-order valence-corrected chi connectivity index (χ1v) is 10.1. The van der Waals surface area contributed by atoms with Crippen LogP contribution in [0.4, 0.5) is 10.1 Å². The fourth-order valence-corrected chi connectivity index (χ4v) is 3.93. The van der Waals surface area contributed by atoms with Gasteiger partial charge in [0.25, 0.3) is 0 Å². The van der Waals surface area contributed by atoms with Crippen LogP contribution in [0.2, 0.25) is 5.02 Å². The lowest BCUT2D eigenvalue weighted by Crippen LogP contribution is -2.15. The van der Waals surface area contributed by atoms with Crippen molar-refractivity contribution in [1.29, 1.82) is 0 Å². The van der Waals surface area contributed by atoms with E-state index in [-0.39, 0.29) is 22.4 Å². The van der Waals surface area contributed by atoms with Crippen LogP contribution in [0.25, 0.3) is 21.9 Å². The molecule has 2 aromatic carbocycles.